The molecule has 7 heteroatoms. The molecule has 0 spiro atoms. The third-order valence-corrected chi connectivity index (χ3v) is 4.09. The van der Waals surface area contributed by atoms with Gasteiger partial charge in [0.25, 0.3) is 0 Å². The summed E-state index contributed by atoms with van der Waals surface area (Å²) in [5, 5.41) is 10.9. The van der Waals surface area contributed by atoms with Crippen LogP contribution < -0.4 is 4.74 Å². The van der Waals surface area contributed by atoms with Crippen LogP contribution in [0.3, 0.4) is 0 Å². The van der Waals surface area contributed by atoms with Crippen molar-refractivity contribution >= 4 is 38.2 Å². The minimum atomic E-state index is -0.966. The second-order valence-electron chi connectivity index (χ2n) is 4.06. The van der Waals surface area contributed by atoms with Gasteiger partial charge in [-0.3, -0.25) is 4.40 Å². The van der Waals surface area contributed by atoms with Crippen molar-refractivity contribution in [3.63, 3.8) is 0 Å². The van der Waals surface area contributed by atoms with E-state index in [1.165, 1.54) is 12.1 Å². The van der Waals surface area contributed by atoms with Gasteiger partial charge < -0.3 is 9.84 Å². The molecular formula is C13H9BrN2O3S. The molecule has 2 aromatic heterocycles. The lowest BCUT2D eigenvalue weighted by Gasteiger charge is -2.07. The van der Waals surface area contributed by atoms with E-state index in [0.717, 1.165) is 10.7 Å². The van der Waals surface area contributed by atoms with Crippen molar-refractivity contribution in [3.05, 3.63) is 51.7 Å². The first-order chi connectivity index (χ1) is 9.63. The summed E-state index contributed by atoms with van der Waals surface area (Å²) in [5.74, 6) is -0.377. The number of rotatable bonds is 4. The molecule has 0 saturated heterocycles. The Labute approximate surface area is 126 Å². The topological polar surface area (TPSA) is 63.8 Å². The predicted molar refractivity (Wildman–Crippen MR) is 78.5 cm³/mol. The Hall–Kier alpha value is -1.86. The summed E-state index contributed by atoms with van der Waals surface area (Å²) < 4.78 is 8.19. The summed E-state index contributed by atoms with van der Waals surface area (Å²) in [6, 6.07) is 4.66. The van der Waals surface area contributed by atoms with E-state index in [2.05, 4.69) is 20.9 Å². The first-order valence-electron chi connectivity index (χ1n) is 5.70. The summed E-state index contributed by atoms with van der Waals surface area (Å²) in [4.78, 5) is 16.2. The van der Waals surface area contributed by atoms with Gasteiger partial charge in [0.1, 0.15) is 12.4 Å². The van der Waals surface area contributed by atoms with E-state index >= 15 is 0 Å². The van der Waals surface area contributed by atoms with Gasteiger partial charge in [-0.2, -0.15) is 0 Å². The van der Waals surface area contributed by atoms with E-state index in [-0.39, 0.29) is 5.56 Å². The van der Waals surface area contributed by atoms with Gasteiger partial charge in [-0.1, -0.05) is 0 Å². The van der Waals surface area contributed by atoms with Crippen molar-refractivity contribution < 1.29 is 14.6 Å². The number of benzene rings is 1. The van der Waals surface area contributed by atoms with Crippen LogP contribution in [0.1, 0.15) is 16.1 Å². The van der Waals surface area contributed by atoms with Crippen LogP contribution in [-0.4, -0.2) is 20.5 Å². The number of fused-ring (bicyclic) bond motifs is 1. The van der Waals surface area contributed by atoms with Crippen molar-refractivity contribution in [2.75, 3.05) is 0 Å². The maximum Gasteiger partial charge on any atom is 0.335 e. The number of carboxylic acids is 1. The van der Waals surface area contributed by atoms with Crippen LogP contribution in [0.5, 0.6) is 5.75 Å². The Kier molecular flexibility index (Phi) is 3.45. The highest BCUT2D eigenvalue weighted by molar-refractivity contribution is 9.10. The number of aromatic carboxylic acids is 1. The van der Waals surface area contributed by atoms with E-state index in [0.29, 0.717) is 16.8 Å². The molecule has 0 aliphatic carbocycles. The van der Waals surface area contributed by atoms with Crippen molar-refractivity contribution in [2.24, 2.45) is 0 Å². The fourth-order valence-electron chi connectivity index (χ4n) is 1.75. The number of halogens is 1. The largest absolute Gasteiger partial charge is 0.486 e. The molecule has 0 aliphatic heterocycles. The summed E-state index contributed by atoms with van der Waals surface area (Å²) in [7, 11) is 0. The standard InChI is InChI=1S/C13H9BrN2O3S/c14-10-5-8(12(17)18)1-2-11(10)19-7-9-6-16-3-4-20-13(16)15-9/h1-6H,7H2,(H,17,18). The first kappa shape index (κ1) is 13.1. The van der Waals surface area contributed by atoms with Crippen molar-refractivity contribution in [2.45, 2.75) is 6.61 Å². The Bertz CT molecular complexity index is 752. The van der Waals surface area contributed by atoms with Gasteiger partial charge in [-0.25, -0.2) is 9.78 Å². The molecule has 0 unspecified atom stereocenters. The maximum absolute atomic E-state index is 10.8. The number of hydrogen-bond donors (Lipinski definition) is 1. The molecule has 3 aromatic rings. The third kappa shape index (κ3) is 2.54. The SMILES string of the molecule is O=C(O)c1ccc(OCc2cn3ccsc3n2)c(Br)c1. The maximum atomic E-state index is 10.8. The van der Waals surface area contributed by atoms with E-state index in [9.17, 15) is 4.79 Å². The molecule has 0 aliphatic rings. The van der Waals surface area contributed by atoms with Crippen LogP contribution in [0, 0.1) is 0 Å². The van der Waals surface area contributed by atoms with E-state index < -0.39 is 5.97 Å². The highest BCUT2D eigenvalue weighted by atomic mass is 79.9. The number of nitrogens with zero attached hydrogens (tertiary/aromatic N) is 2. The Morgan fingerprint density at radius 3 is 3.05 bits per heavy atom. The van der Waals surface area contributed by atoms with Crippen molar-refractivity contribution in [3.8, 4) is 5.75 Å². The fraction of sp³-hybridized carbons (Fsp3) is 0.0769. The zero-order valence-electron chi connectivity index (χ0n) is 10.1. The number of thiazole rings is 1. The lowest BCUT2D eigenvalue weighted by atomic mass is 10.2. The molecule has 20 heavy (non-hydrogen) atoms. The monoisotopic (exact) mass is 352 g/mol. The zero-order chi connectivity index (χ0) is 14.1. The van der Waals surface area contributed by atoms with Crippen LogP contribution in [0.2, 0.25) is 0 Å². The molecule has 0 amide bonds. The summed E-state index contributed by atoms with van der Waals surface area (Å²) in [6.07, 6.45) is 3.85. The van der Waals surface area contributed by atoms with Gasteiger partial charge in [-0.15, -0.1) is 11.3 Å². The highest BCUT2D eigenvalue weighted by Gasteiger charge is 2.09. The summed E-state index contributed by atoms with van der Waals surface area (Å²) in [6.45, 7) is 0.333. The smallest absolute Gasteiger partial charge is 0.335 e. The van der Waals surface area contributed by atoms with Crippen molar-refractivity contribution in [1.29, 1.82) is 0 Å². The lowest BCUT2D eigenvalue weighted by Crippen LogP contribution is -1.99. The molecular weight excluding hydrogens is 344 g/mol. The molecule has 0 bridgehead atoms. The van der Waals surface area contributed by atoms with Gasteiger partial charge >= 0.3 is 5.97 Å². The second kappa shape index (κ2) is 5.26. The molecule has 0 radical (unpaired) electrons. The van der Waals surface area contributed by atoms with Crippen LogP contribution in [0.4, 0.5) is 0 Å². The van der Waals surface area contributed by atoms with E-state index in [4.69, 9.17) is 9.84 Å². The van der Waals surface area contributed by atoms with Crippen LogP contribution in [0.25, 0.3) is 4.96 Å². The number of imidazole rings is 1. The Morgan fingerprint density at radius 1 is 1.50 bits per heavy atom. The quantitative estimate of drug-likeness (QED) is 0.781. The number of hydrogen-bond acceptors (Lipinski definition) is 4. The molecule has 102 valence electrons. The summed E-state index contributed by atoms with van der Waals surface area (Å²) >= 11 is 4.86. The first-order valence-corrected chi connectivity index (χ1v) is 7.37. The fourth-order valence-corrected chi connectivity index (χ4v) is 2.96. The molecule has 3 rings (SSSR count). The number of ether oxygens (including phenoxy) is 1. The number of carbonyl (C=O) groups is 1. The molecule has 1 aromatic carbocycles. The van der Waals surface area contributed by atoms with Gasteiger partial charge in [0.15, 0.2) is 4.96 Å². The molecule has 0 atom stereocenters. The van der Waals surface area contributed by atoms with Crippen LogP contribution >= 0.6 is 27.3 Å². The van der Waals surface area contributed by atoms with Crippen LogP contribution in [-0.2, 0) is 6.61 Å². The van der Waals surface area contributed by atoms with Gasteiger partial charge in [0.05, 0.1) is 15.7 Å². The highest BCUT2D eigenvalue weighted by Crippen LogP contribution is 2.27. The van der Waals surface area contributed by atoms with Crippen molar-refractivity contribution in [1.82, 2.24) is 9.38 Å². The minimum Gasteiger partial charge on any atom is -0.486 e. The lowest BCUT2D eigenvalue weighted by molar-refractivity contribution is 0.0696. The number of carboxylic acid groups (broad SMARTS) is 1. The Morgan fingerprint density at radius 2 is 2.35 bits per heavy atom. The molecule has 0 saturated carbocycles. The van der Waals surface area contributed by atoms with Gasteiger partial charge in [0, 0.05) is 17.8 Å². The molecule has 2 heterocycles. The van der Waals surface area contributed by atoms with E-state index in [1.54, 1.807) is 17.4 Å². The van der Waals surface area contributed by atoms with Gasteiger partial charge in [-0.05, 0) is 34.1 Å². The zero-order valence-corrected chi connectivity index (χ0v) is 12.5. The number of aromatic nitrogens is 2. The van der Waals surface area contributed by atoms with Crippen LogP contribution in [0.15, 0.2) is 40.4 Å². The molecule has 0 fully saturated rings. The average Bonchev–Trinajstić information content (AvgIpc) is 2.97. The van der Waals surface area contributed by atoms with E-state index in [1.807, 2.05) is 22.2 Å². The summed E-state index contributed by atoms with van der Waals surface area (Å²) in [5.41, 5.74) is 1.04. The second-order valence-corrected chi connectivity index (χ2v) is 5.79. The Balaban J connectivity index is 1.74. The minimum absolute atomic E-state index is 0.215. The normalized spacial score (nSPS) is 10.8. The van der Waals surface area contributed by atoms with Gasteiger partial charge in [0.2, 0.25) is 0 Å². The predicted octanol–water partition coefficient (Wildman–Crippen LogP) is 3.44. The third-order valence-electron chi connectivity index (χ3n) is 2.70. The molecule has 5 nitrogen and oxygen atoms in total. The average molecular weight is 353 g/mol. The molecule has 1 N–H and O–H groups in total.